The summed E-state index contributed by atoms with van der Waals surface area (Å²) in [5, 5.41) is 10.4. The first-order valence-corrected chi connectivity index (χ1v) is 10.6. The molecule has 180 valence electrons. The molecule has 0 spiro atoms. The first kappa shape index (κ1) is 23.8. The van der Waals surface area contributed by atoms with Crippen LogP contribution in [0.5, 0.6) is 11.5 Å². The Morgan fingerprint density at radius 3 is 2.63 bits per heavy atom. The van der Waals surface area contributed by atoms with Crippen LogP contribution in [-0.4, -0.2) is 19.7 Å². The van der Waals surface area contributed by atoms with E-state index in [1.165, 1.54) is 12.3 Å². The van der Waals surface area contributed by atoms with Crippen LogP contribution in [0.3, 0.4) is 0 Å². The van der Waals surface area contributed by atoms with Gasteiger partial charge in [-0.25, -0.2) is 4.98 Å². The number of aryl methyl sites for hydroxylation is 1. The van der Waals surface area contributed by atoms with Crippen molar-refractivity contribution < 1.29 is 17.9 Å². The molecule has 10 heteroatoms. The Balaban J connectivity index is 1.43. The van der Waals surface area contributed by atoms with Gasteiger partial charge in [-0.1, -0.05) is 24.8 Å². The molecular formula is C25H23F3N6O. The number of ether oxygens (including phenoxy) is 1. The molecule has 4 aromatic rings. The third-order valence-corrected chi connectivity index (χ3v) is 5.17. The van der Waals surface area contributed by atoms with Gasteiger partial charge in [-0.3, -0.25) is 9.67 Å². The molecule has 0 atom stereocenters. The number of pyridine rings is 2. The number of hydrogen-bond donors (Lipinski definition) is 2. The lowest BCUT2D eigenvalue weighted by molar-refractivity contribution is -0.141. The van der Waals surface area contributed by atoms with Gasteiger partial charge < -0.3 is 15.4 Å². The summed E-state index contributed by atoms with van der Waals surface area (Å²) in [6.07, 6.45) is 1.92. The van der Waals surface area contributed by atoms with Gasteiger partial charge in [0.15, 0.2) is 0 Å². The van der Waals surface area contributed by atoms with Gasteiger partial charge in [-0.05, 0) is 30.7 Å². The molecule has 0 aliphatic carbocycles. The minimum Gasteiger partial charge on any atom is -0.457 e. The van der Waals surface area contributed by atoms with Gasteiger partial charge >= 0.3 is 6.18 Å². The number of benzene rings is 1. The Morgan fingerprint density at radius 1 is 1.11 bits per heavy atom. The average Bonchev–Trinajstić information content (AvgIpc) is 3.23. The molecule has 2 N–H and O–H groups in total. The van der Waals surface area contributed by atoms with Gasteiger partial charge in [0.25, 0.3) is 0 Å². The molecule has 0 aliphatic heterocycles. The van der Waals surface area contributed by atoms with Crippen molar-refractivity contribution >= 4 is 17.2 Å². The Labute approximate surface area is 200 Å². The molecule has 0 saturated carbocycles. The summed E-state index contributed by atoms with van der Waals surface area (Å²) in [6.45, 7) is 6.26. The molecular weight excluding hydrogens is 457 g/mol. The highest BCUT2D eigenvalue weighted by Crippen LogP contribution is 2.31. The Kier molecular flexibility index (Phi) is 6.72. The predicted octanol–water partition coefficient (Wildman–Crippen LogP) is 5.83. The fourth-order valence-corrected chi connectivity index (χ4v) is 3.36. The summed E-state index contributed by atoms with van der Waals surface area (Å²) in [5.41, 5.74) is 2.78. The van der Waals surface area contributed by atoms with Crippen LogP contribution in [0, 0.1) is 6.92 Å². The highest BCUT2D eigenvalue weighted by Gasteiger charge is 2.31. The van der Waals surface area contributed by atoms with E-state index in [2.05, 4.69) is 32.3 Å². The number of halogens is 3. The molecule has 4 rings (SSSR count). The van der Waals surface area contributed by atoms with Gasteiger partial charge in [0.1, 0.15) is 23.0 Å². The second-order valence-electron chi connectivity index (χ2n) is 7.82. The summed E-state index contributed by atoms with van der Waals surface area (Å²) in [7, 11) is 1.83. The van der Waals surface area contributed by atoms with Gasteiger partial charge in [0.2, 0.25) is 0 Å². The topological polar surface area (TPSA) is 76.9 Å². The van der Waals surface area contributed by atoms with Crippen molar-refractivity contribution in [2.75, 3.05) is 5.32 Å². The van der Waals surface area contributed by atoms with Crippen LogP contribution >= 0.6 is 0 Å². The largest absolute Gasteiger partial charge is 0.457 e. The molecule has 0 bridgehead atoms. The number of rotatable bonds is 8. The first-order chi connectivity index (χ1) is 16.7. The van der Waals surface area contributed by atoms with Crippen LogP contribution in [-0.2, 0) is 19.8 Å². The van der Waals surface area contributed by atoms with E-state index in [0.29, 0.717) is 28.6 Å². The van der Waals surface area contributed by atoms with Crippen molar-refractivity contribution in [3.05, 3.63) is 96.2 Å². The third kappa shape index (κ3) is 5.97. The summed E-state index contributed by atoms with van der Waals surface area (Å²) in [6, 6.07) is 11.5. The molecule has 35 heavy (non-hydrogen) atoms. The molecule has 7 nitrogen and oxygen atoms in total. The van der Waals surface area contributed by atoms with Crippen LogP contribution in [0.1, 0.15) is 22.4 Å². The molecule has 0 aliphatic rings. The predicted molar refractivity (Wildman–Crippen MR) is 127 cm³/mol. The number of nitrogens with one attached hydrogen (secondary N) is 2. The van der Waals surface area contributed by atoms with Crippen LogP contribution in [0.25, 0.3) is 5.70 Å². The summed E-state index contributed by atoms with van der Waals surface area (Å²) < 4.78 is 45.9. The molecule has 1 aromatic carbocycles. The minimum absolute atomic E-state index is 0.280. The van der Waals surface area contributed by atoms with Gasteiger partial charge in [0.05, 0.1) is 11.9 Å². The minimum atomic E-state index is -4.46. The second-order valence-corrected chi connectivity index (χ2v) is 7.82. The fraction of sp³-hybridized carbons (Fsp3) is 0.160. The van der Waals surface area contributed by atoms with Gasteiger partial charge in [-0.2, -0.15) is 18.3 Å². The number of alkyl halides is 3. The van der Waals surface area contributed by atoms with E-state index in [1.54, 1.807) is 29.2 Å². The Hall–Kier alpha value is -4.34. The third-order valence-electron chi connectivity index (χ3n) is 5.17. The molecule has 3 heterocycles. The van der Waals surface area contributed by atoms with Crippen molar-refractivity contribution in [2.45, 2.75) is 19.6 Å². The SMILES string of the molecule is C=C(NCc1ccc(C(F)(F)F)nc1)c1cccc(Oc2ccnc(Nc3cnn(C)c3)c2)c1C. The molecule has 0 unspecified atom stereocenters. The van der Waals surface area contributed by atoms with Crippen molar-refractivity contribution in [1.82, 2.24) is 25.1 Å². The first-order valence-electron chi connectivity index (χ1n) is 10.6. The normalized spacial score (nSPS) is 11.2. The van der Waals surface area contributed by atoms with Crippen LogP contribution in [0.15, 0.2) is 73.8 Å². The molecule has 0 fully saturated rings. The fourth-order valence-electron chi connectivity index (χ4n) is 3.36. The number of aromatic nitrogens is 4. The van der Waals surface area contributed by atoms with Crippen LogP contribution in [0.4, 0.5) is 24.7 Å². The highest BCUT2D eigenvalue weighted by atomic mass is 19.4. The number of nitrogens with zero attached hydrogens (tertiary/aromatic N) is 4. The summed E-state index contributed by atoms with van der Waals surface area (Å²) >= 11 is 0. The maximum Gasteiger partial charge on any atom is 0.433 e. The zero-order valence-corrected chi connectivity index (χ0v) is 19.1. The molecule has 3 aromatic heterocycles. The lowest BCUT2D eigenvalue weighted by atomic mass is 10.1. The average molecular weight is 480 g/mol. The molecule has 0 radical (unpaired) electrons. The van der Waals surface area contributed by atoms with Crippen LogP contribution < -0.4 is 15.4 Å². The van der Waals surface area contributed by atoms with Gasteiger partial charge in [-0.15, -0.1) is 0 Å². The zero-order chi connectivity index (χ0) is 25.0. The molecule has 0 saturated heterocycles. The van der Waals surface area contributed by atoms with E-state index in [4.69, 9.17) is 4.74 Å². The number of anilines is 2. The van der Waals surface area contributed by atoms with E-state index in [1.807, 2.05) is 38.4 Å². The van der Waals surface area contributed by atoms with Crippen LogP contribution in [0.2, 0.25) is 0 Å². The lowest BCUT2D eigenvalue weighted by Crippen LogP contribution is -2.13. The quantitative estimate of drug-likeness (QED) is 0.330. The maximum atomic E-state index is 12.7. The van der Waals surface area contributed by atoms with Crippen molar-refractivity contribution in [3.8, 4) is 11.5 Å². The lowest BCUT2D eigenvalue weighted by Gasteiger charge is -2.16. The Morgan fingerprint density at radius 2 is 1.94 bits per heavy atom. The Bertz CT molecular complexity index is 1330. The van der Waals surface area contributed by atoms with E-state index in [9.17, 15) is 13.2 Å². The van der Waals surface area contributed by atoms with Crippen molar-refractivity contribution in [2.24, 2.45) is 7.05 Å². The molecule has 0 amide bonds. The second kappa shape index (κ2) is 9.88. The smallest absolute Gasteiger partial charge is 0.433 e. The van der Waals surface area contributed by atoms with E-state index < -0.39 is 11.9 Å². The summed E-state index contributed by atoms with van der Waals surface area (Å²) in [5.74, 6) is 1.85. The van der Waals surface area contributed by atoms with E-state index >= 15 is 0 Å². The maximum absolute atomic E-state index is 12.7. The monoisotopic (exact) mass is 480 g/mol. The zero-order valence-electron chi connectivity index (χ0n) is 19.1. The van der Waals surface area contributed by atoms with E-state index in [-0.39, 0.29) is 6.54 Å². The van der Waals surface area contributed by atoms with Gasteiger partial charge in [0, 0.05) is 55.1 Å². The summed E-state index contributed by atoms with van der Waals surface area (Å²) in [4.78, 5) is 7.79. The highest BCUT2D eigenvalue weighted by molar-refractivity contribution is 5.67. The van der Waals surface area contributed by atoms with Crippen molar-refractivity contribution in [1.29, 1.82) is 0 Å². The number of hydrogen-bond acceptors (Lipinski definition) is 6. The van der Waals surface area contributed by atoms with Crippen molar-refractivity contribution in [3.63, 3.8) is 0 Å². The standard InChI is InChI=1S/C25H23F3N6O/c1-16-21(17(2)30-12-18-7-8-23(31-13-18)25(26,27)28)5-4-6-22(16)35-20-9-10-29-24(11-20)33-19-14-32-34(3)15-19/h4-11,13-15,30H,2,12H2,1,3H3,(H,29,33). The van der Waals surface area contributed by atoms with E-state index in [0.717, 1.165) is 22.9 Å².